The average Bonchev–Trinajstić information content (AvgIpc) is 3.07. The largest absolute Gasteiger partial charge is 0.465 e. The Morgan fingerprint density at radius 2 is 1.73 bits per heavy atom. The van der Waals surface area contributed by atoms with Gasteiger partial charge in [-0.05, 0) is 84.9 Å². The molecular weight excluding hydrogens is 670 g/mol. The van der Waals surface area contributed by atoms with Crippen LogP contribution < -0.4 is 16.1 Å². The summed E-state index contributed by atoms with van der Waals surface area (Å²) in [6.45, 7) is 16.2. The molecule has 1 aromatic carbocycles. The number of benzene rings is 1. The Kier molecular flexibility index (Phi) is 14.7. The van der Waals surface area contributed by atoms with Gasteiger partial charge in [-0.3, -0.25) is 29.2 Å². The van der Waals surface area contributed by atoms with Crippen LogP contribution in [0.5, 0.6) is 0 Å². The molecule has 3 N–H and O–H groups in total. The number of hydrogen-bond acceptors (Lipinski definition) is 11. The monoisotopic (exact) mass is 725 g/mol. The maximum Gasteiger partial charge on any atom is 0.408 e. The Labute approximate surface area is 306 Å². The highest BCUT2D eigenvalue weighted by Crippen LogP contribution is 2.25. The molecule has 0 spiro atoms. The average molecular weight is 726 g/mol. The van der Waals surface area contributed by atoms with Gasteiger partial charge >= 0.3 is 18.0 Å². The molecule has 0 aliphatic carbocycles. The highest BCUT2D eigenvalue weighted by atomic mass is 16.6. The van der Waals surface area contributed by atoms with Crippen molar-refractivity contribution in [3.63, 3.8) is 0 Å². The second-order valence-corrected chi connectivity index (χ2v) is 14.8. The number of amides is 3. The van der Waals surface area contributed by atoms with E-state index in [4.69, 9.17) is 23.9 Å². The van der Waals surface area contributed by atoms with Crippen molar-refractivity contribution < 1.29 is 42.9 Å². The molecule has 1 fully saturated rings. The predicted molar refractivity (Wildman–Crippen MR) is 195 cm³/mol. The van der Waals surface area contributed by atoms with Gasteiger partial charge in [0.1, 0.15) is 17.7 Å². The number of alkyl carbamates (subject to hydrolysis) is 1. The van der Waals surface area contributed by atoms with Crippen LogP contribution in [-0.4, -0.2) is 90.5 Å². The van der Waals surface area contributed by atoms with Crippen molar-refractivity contribution in [3.8, 4) is 0 Å². The van der Waals surface area contributed by atoms with Crippen molar-refractivity contribution in [2.75, 3.05) is 26.9 Å². The van der Waals surface area contributed by atoms with Gasteiger partial charge in [-0.2, -0.15) is 0 Å². The third-order valence-corrected chi connectivity index (χ3v) is 8.20. The van der Waals surface area contributed by atoms with Gasteiger partial charge in [0.25, 0.3) is 11.8 Å². The van der Waals surface area contributed by atoms with Gasteiger partial charge in [-0.15, -0.1) is 0 Å². The Balaban J connectivity index is 1.70. The first-order chi connectivity index (χ1) is 24.3. The highest BCUT2D eigenvalue weighted by Gasteiger charge is 2.37. The predicted octanol–water partition coefficient (Wildman–Crippen LogP) is 4.62. The number of methoxy groups -OCH3 is 1. The van der Waals surface area contributed by atoms with E-state index in [1.165, 1.54) is 12.1 Å². The van der Waals surface area contributed by atoms with Gasteiger partial charge in [0.05, 0.1) is 35.9 Å². The van der Waals surface area contributed by atoms with E-state index in [2.05, 4.69) is 16.1 Å². The number of aromatic nitrogens is 1. The lowest BCUT2D eigenvalue weighted by molar-refractivity contribution is -0.165. The Morgan fingerprint density at radius 1 is 1.04 bits per heavy atom. The number of esters is 2. The number of hydrazine groups is 1. The van der Waals surface area contributed by atoms with E-state index >= 15 is 0 Å². The zero-order valence-electron chi connectivity index (χ0n) is 32.0. The first-order valence-electron chi connectivity index (χ1n) is 17.7. The van der Waals surface area contributed by atoms with Crippen molar-refractivity contribution >= 4 is 46.8 Å². The quantitative estimate of drug-likeness (QED) is 0.183. The number of pyridine rings is 1. The minimum atomic E-state index is -1.20. The highest BCUT2D eigenvalue weighted by molar-refractivity contribution is 5.91. The normalized spacial score (nSPS) is 17.0. The van der Waals surface area contributed by atoms with Crippen molar-refractivity contribution in [1.29, 1.82) is 0 Å². The van der Waals surface area contributed by atoms with Gasteiger partial charge in [-0.25, -0.2) is 10.2 Å². The fraction of sp³-hybridized carbons (Fsp3) is 0.579. The molecule has 52 heavy (non-hydrogen) atoms. The topological polar surface area (TPSA) is 174 Å². The molecule has 3 amide bonds. The third-order valence-electron chi connectivity index (χ3n) is 8.20. The summed E-state index contributed by atoms with van der Waals surface area (Å²) in [6, 6.07) is 7.27. The Bertz CT molecular complexity index is 1620. The molecule has 1 aliphatic heterocycles. The van der Waals surface area contributed by atoms with E-state index in [0.717, 1.165) is 10.9 Å². The van der Waals surface area contributed by atoms with E-state index in [0.29, 0.717) is 30.6 Å². The molecule has 0 radical (unpaired) electrons. The maximum atomic E-state index is 13.5. The van der Waals surface area contributed by atoms with Crippen LogP contribution in [0.1, 0.15) is 92.5 Å². The molecule has 1 saturated heterocycles. The van der Waals surface area contributed by atoms with Gasteiger partial charge in [-0.1, -0.05) is 44.2 Å². The first kappa shape index (κ1) is 41.9. The van der Waals surface area contributed by atoms with E-state index < -0.39 is 71.0 Å². The minimum Gasteiger partial charge on any atom is -0.465 e. The second-order valence-electron chi connectivity index (χ2n) is 14.8. The zero-order chi connectivity index (χ0) is 38.8. The lowest BCUT2D eigenvalue weighted by atomic mass is 9.92. The van der Waals surface area contributed by atoms with Crippen LogP contribution in [0.15, 0.2) is 36.4 Å². The number of ether oxygens (including phenoxy) is 4. The maximum absolute atomic E-state index is 13.5. The summed E-state index contributed by atoms with van der Waals surface area (Å²) in [6.07, 6.45) is 2.81. The number of rotatable bonds is 14. The van der Waals surface area contributed by atoms with Crippen LogP contribution in [0.3, 0.4) is 0 Å². The summed E-state index contributed by atoms with van der Waals surface area (Å²) in [4.78, 5) is 69.7. The van der Waals surface area contributed by atoms with Crippen LogP contribution in [0.25, 0.3) is 17.0 Å². The molecule has 2 aromatic rings. The van der Waals surface area contributed by atoms with Crippen LogP contribution in [-0.2, 0) is 38.1 Å². The molecule has 1 aromatic heterocycles. The summed E-state index contributed by atoms with van der Waals surface area (Å²) >= 11 is 0. The number of carbonyl (C=O) groups excluding carboxylic acids is 5. The molecule has 0 bridgehead atoms. The van der Waals surface area contributed by atoms with Gasteiger partial charge in [0, 0.05) is 19.0 Å². The Morgan fingerprint density at radius 3 is 2.37 bits per heavy atom. The standard InChI is InChI=1S/C38H55N5O9/c1-11-50-34(46)28-13-12-20-43(42-28)33(45)30(22-49-10)41-32(44)31(23(2)3)51-35(47)38(8,9)19-18-25-14-15-26-16-17-27(40-29(26)21-25)24(4)39-36(48)52-37(5,6)7/h14-19,21,23-24,28,30-31,42H,11-13,20,22H2,1-10H3,(H,39,48)(H,41,44). The summed E-state index contributed by atoms with van der Waals surface area (Å²) in [5.41, 5.74) is 3.28. The molecule has 286 valence electrons. The Hall–Kier alpha value is -4.56. The minimum absolute atomic E-state index is 0.138. The molecule has 2 heterocycles. The molecule has 14 heteroatoms. The lowest BCUT2D eigenvalue weighted by Gasteiger charge is -2.35. The summed E-state index contributed by atoms with van der Waals surface area (Å²) in [5.74, 6) is -2.65. The van der Waals surface area contributed by atoms with Crippen LogP contribution in [0.2, 0.25) is 0 Å². The summed E-state index contributed by atoms with van der Waals surface area (Å²) in [7, 11) is 1.40. The fourth-order valence-electron chi connectivity index (χ4n) is 5.33. The molecular formula is C38H55N5O9. The summed E-state index contributed by atoms with van der Waals surface area (Å²) in [5, 5.41) is 7.69. The lowest BCUT2D eigenvalue weighted by Crippen LogP contribution is -2.61. The smallest absolute Gasteiger partial charge is 0.408 e. The van der Waals surface area contributed by atoms with Gasteiger partial charge < -0.3 is 29.6 Å². The molecule has 1 aliphatic rings. The number of carbonyl (C=O) groups is 5. The van der Waals surface area contributed by atoms with Gasteiger partial charge in [0.15, 0.2) is 6.10 Å². The zero-order valence-corrected chi connectivity index (χ0v) is 32.0. The third kappa shape index (κ3) is 12.0. The number of nitrogens with zero attached hydrogens (tertiary/aromatic N) is 2. The first-order valence-corrected chi connectivity index (χ1v) is 17.7. The second kappa shape index (κ2) is 18.3. The SMILES string of the molecule is CCOC(=O)C1CCCN(C(=O)C(COC)NC(=O)C(OC(=O)C(C)(C)C=Cc2ccc3ccc(C(C)NC(=O)OC(C)(C)C)nc3c2)C(C)C)N1. The van der Waals surface area contributed by atoms with E-state index in [9.17, 15) is 24.0 Å². The van der Waals surface area contributed by atoms with Crippen LogP contribution in [0.4, 0.5) is 4.79 Å². The molecule has 3 rings (SSSR count). The summed E-state index contributed by atoms with van der Waals surface area (Å²) < 4.78 is 21.5. The van der Waals surface area contributed by atoms with Crippen LogP contribution >= 0.6 is 0 Å². The fourth-order valence-corrected chi connectivity index (χ4v) is 5.33. The number of fused-ring (bicyclic) bond motifs is 1. The molecule has 4 unspecified atom stereocenters. The van der Waals surface area contributed by atoms with Crippen molar-refractivity contribution in [2.24, 2.45) is 11.3 Å². The van der Waals surface area contributed by atoms with Crippen molar-refractivity contribution in [1.82, 2.24) is 26.1 Å². The van der Waals surface area contributed by atoms with Crippen molar-refractivity contribution in [2.45, 2.75) is 105 Å². The molecule has 4 atom stereocenters. The number of nitrogens with one attached hydrogen (secondary N) is 3. The van der Waals surface area contributed by atoms with E-state index in [1.54, 1.807) is 67.5 Å². The molecule has 0 saturated carbocycles. The van der Waals surface area contributed by atoms with Crippen LogP contribution in [0, 0.1) is 11.3 Å². The van der Waals surface area contributed by atoms with E-state index in [-0.39, 0.29) is 13.2 Å². The number of hydrogen-bond donors (Lipinski definition) is 3. The molecule has 14 nitrogen and oxygen atoms in total. The van der Waals surface area contributed by atoms with E-state index in [1.807, 2.05) is 37.3 Å². The van der Waals surface area contributed by atoms with Crippen molar-refractivity contribution in [3.05, 3.63) is 47.7 Å². The van der Waals surface area contributed by atoms with Gasteiger partial charge in [0.2, 0.25) is 0 Å².